The average Bonchev–Trinajstić information content (AvgIpc) is 2.35. The summed E-state index contributed by atoms with van der Waals surface area (Å²) in [6.07, 6.45) is 2.09. The molecule has 0 aliphatic carbocycles. The van der Waals surface area contributed by atoms with E-state index in [0.29, 0.717) is 0 Å². The Morgan fingerprint density at radius 1 is 1.35 bits per heavy atom. The van der Waals surface area contributed by atoms with E-state index in [1.165, 1.54) is 11.3 Å². The summed E-state index contributed by atoms with van der Waals surface area (Å²) in [5.74, 6) is 1.79. The molecule has 2 N–H and O–H groups in total. The molecule has 0 amide bonds. The highest BCUT2D eigenvalue weighted by Crippen LogP contribution is 2.22. The van der Waals surface area contributed by atoms with Crippen LogP contribution in [0.2, 0.25) is 0 Å². The molecule has 0 bridgehead atoms. The van der Waals surface area contributed by atoms with Gasteiger partial charge in [0.15, 0.2) is 0 Å². The topological polar surface area (TPSA) is 53.1 Å². The van der Waals surface area contributed by atoms with Gasteiger partial charge in [-0.15, -0.1) is 0 Å². The third kappa shape index (κ3) is 2.66. The Balaban J connectivity index is 2.35. The summed E-state index contributed by atoms with van der Waals surface area (Å²) in [4.78, 5) is 11.2. The Morgan fingerprint density at radius 2 is 2.18 bits per heavy atom. The van der Waals surface area contributed by atoms with Gasteiger partial charge >= 0.3 is 0 Å². The molecule has 1 aromatic rings. The first-order valence-corrected chi connectivity index (χ1v) is 6.24. The number of hydrogen-bond acceptors (Lipinski definition) is 5. The summed E-state index contributed by atoms with van der Waals surface area (Å²) in [5.41, 5.74) is 2.41. The van der Waals surface area contributed by atoms with Crippen molar-refractivity contribution in [2.24, 2.45) is 0 Å². The third-order valence-corrected chi connectivity index (χ3v) is 2.86. The quantitative estimate of drug-likeness (QED) is 0.816. The van der Waals surface area contributed by atoms with Gasteiger partial charge in [-0.1, -0.05) is 6.92 Å². The van der Waals surface area contributed by atoms with Crippen LogP contribution in [0.5, 0.6) is 0 Å². The lowest BCUT2D eigenvalue weighted by atomic mass is 10.1. The highest BCUT2D eigenvalue weighted by atomic mass is 15.2. The molecule has 0 saturated heterocycles. The fourth-order valence-corrected chi connectivity index (χ4v) is 1.92. The molecule has 0 radical (unpaired) electrons. The molecule has 0 saturated carbocycles. The summed E-state index contributed by atoms with van der Waals surface area (Å²) in [5, 5.41) is 6.77. The smallest absolute Gasteiger partial charge is 0.227 e. The number of anilines is 2. The Kier molecular flexibility index (Phi) is 3.78. The lowest BCUT2D eigenvalue weighted by Crippen LogP contribution is -2.28. The van der Waals surface area contributed by atoms with Crippen molar-refractivity contribution in [3.8, 4) is 0 Å². The van der Waals surface area contributed by atoms with Gasteiger partial charge in [0.2, 0.25) is 5.95 Å². The van der Waals surface area contributed by atoms with E-state index in [1.54, 1.807) is 0 Å². The minimum Gasteiger partial charge on any atom is -0.370 e. The molecular formula is C12H21N5. The van der Waals surface area contributed by atoms with Crippen molar-refractivity contribution in [2.45, 2.75) is 26.3 Å². The van der Waals surface area contributed by atoms with Crippen molar-refractivity contribution >= 4 is 11.8 Å². The molecule has 0 unspecified atom stereocenters. The number of nitrogens with zero attached hydrogens (tertiary/aromatic N) is 3. The lowest BCUT2D eigenvalue weighted by Gasteiger charge is -2.22. The molecule has 0 aromatic carbocycles. The van der Waals surface area contributed by atoms with Crippen LogP contribution in [-0.4, -0.2) is 37.2 Å². The fraction of sp³-hybridized carbons (Fsp3) is 0.667. The molecule has 5 nitrogen and oxygen atoms in total. The van der Waals surface area contributed by atoms with E-state index >= 15 is 0 Å². The van der Waals surface area contributed by atoms with Gasteiger partial charge in [-0.3, -0.25) is 0 Å². The summed E-state index contributed by atoms with van der Waals surface area (Å²) >= 11 is 0. The molecule has 1 aliphatic rings. The average molecular weight is 235 g/mol. The second kappa shape index (κ2) is 5.31. The number of nitrogens with one attached hydrogen (secondary N) is 2. The predicted octanol–water partition coefficient (Wildman–Crippen LogP) is 1.01. The molecule has 17 heavy (non-hydrogen) atoms. The maximum atomic E-state index is 4.62. The number of hydrogen-bond donors (Lipinski definition) is 2. The first-order chi connectivity index (χ1) is 8.22. The zero-order valence-corrected chi connectivity index (χ0v) is 10.9. The van der Waals surface area contributed by atoms with Crippen molar-refractivity contribution in [3.63, 3.8) is 0 Å². The normalized spacial score (nSPS) is 14.3. The Morgan fingerprint density at radius 3 is 2.88 bits per heavy atom. The first kappa shape index (κ1) is 12.1. The maximum Gasteiger partial charge on any atom is 0.227 e. The molecule has 2 heterocycles. The highest BCUT2D eigenvalue weighted by molar-refractivity contribution is 5.51. The minimum absolute atomic E-state index is 0.796. The van der Waals surface area contributed by atoms with Crippen molar-refractivity contribution in [2.75, 3.05) is 37.4 Å². The SMILES string of the molecule is CCCNc1nc(N(C)C)nc2c1CNCC2. The van der Waals surface area contributed by atoms with Crippen LogP contribution >= 0.6 is 0 Å². The van der Waals surface area contributed by atoms with Gasteiger partial charge in [0.05, 0.1) is 5.69 Å². The molecule has 5 heteroatoms. The van der Waals surface area contributed by atoms with E-state index in [9.17, 15) is 0 Å². The van der Waals surface area contributed by atoms with Gasteiger partial charge in [0.25, 0.3) is 0 Å². The van der Waals surface area contributed by atoms with E-state index in [1.807, 2.05) is 19.0 Å². The molecule has 2 rings (SSSR count). The number of fused-ring (bicyclic) bond motifs is 1. The molecule has 94 valence electrons. The molecule has 1 aromatic heterocycles. The first-order valence-electron chi connectivity index (χ1n) is 6.24. The van der Waals surface area contributed by atoms with Gasteiger partial charge < -0.3 is 15.5 Å². The van der Waals surface area contributed by atoms with Gasteiger partial charge in [-0.05, 0) is 6.42 Å². The minimum atomic E-state index is 0.796. The van der Waals surface area contributed by atoms with Gasteiger partial charge in [0, 0.05) is 45.7 Å². The number of rotatable bonds is 4. The second-order valence-electron chi connectivity index (χ2n) is 4.55. The van der Waals surface area contributed by atoms with Gasteiger partial charge in [-0.2, -0.15) is 4.98 Å². The predicted molar refractivity (Wildman–Crippen MR) is 70.6 cm³/mol. The maximum absolute atomic E-state index is 4.62. The van der Waals surface area contributed by atoms with Crippen molar-refractivity contribution in [1.82, 2.24) is 15.3 Å². The van der Waals surface area contributed by atoms with Crippen LogP contribution in [0.4, 0.5) is 11.8 Å². The van der Waals surface area contributed by atoms with Gasteiger partial charge in [0.1, 0.15) is 5.82 Å². The van der Waals surface area contributed by atoms with Crippen molar-refractivity contribution < 1.29 is 0 Å². The summed E-state index contributed by atoms with van der Waals surface area (Å²) in [6, 6.07) is 0. The van der Waals surface area contributed by atoms with E-state index < -0.39 is 0 Å². The van der Waals surface area contributed by atoms with Crippen LogP contribution in [0.1, 0.15) is 24.6 Å². The molecule has 0 spiro atoms. The van der Waals surface area contributed by atoms with Crippen molar-refractivity contribution in [3.05, 3.63) is 11.3 Å². The summed E-state index contributed by atoms with van der Waals surface area (Å²) < 4.78 is 0. The highest BCUT2D eigenvalue weighted by Gasteiger charge is 2.17. The molecule has 0 fully saturated rings. The number of aromatic nitrogens is 2. The van der Waals surface area contributed by atoms with E-state index in [0.717, 1.165) is 44.2 Å². The molecule has 1 aliphatic heterocycles. The third-order valence-electron chi connectivity index (χ3n) is 2.86. The summed E-state index contributed by atoms with van der Waals surface area (Å²) in [7, 11) is 3.96. The second-order valence-corrected chi connectivity index (χ2v) is 4.55. The van der Waals surface area contributed by atoms with Crippen LogP contribution in [0, 0.1) is 0 Å². The Bertz CT molecular complexity index is 389. The molecular weight excluding hydrogens is 214 g/mol. The van der Waals surface area contributed by atoms with E-state index in [2.05, 4.69) is 27.5 Å². The van der Waals surface area contributed by atoms with Crippen LogP contribution in [0.25, 0.3) is 0 Å². The summed E-state index contributed by atoms with van der Waals surface area (Å²) in [6.45, 7) is 4.99. The van der Waals surface area contributed by atoms with Crippen LogP contribution in [-0.2, 0) is 13.0 Å². The fourth-order valence-electron chi connectivity index (χ4n) is 1.92. The monoisotopic (exact) mass is 235 g/mol. The molecule has 0 atom stereocenters. The standard InChI is InChI=1S/C12H21N5/c1-4-6-14-11-9-8-13-7-5-10(9)15-12(16-11)17(2)3/h13H,4-8H2,1-3H3,(H,14,15,16). The van der Waals surface area contributed by atoms with Gasteiger partial charge in [-0.25, -0.2) is 4.98 Å². The van der Waals surface area contributed by atoms with Crippen molar-refractivity contribution in [1.29, 1.82) is 0 Å². The largest absolute Gasteiger partial charge is 0.370 e. The van der Waals surface area contributed by atoms with Crippen LogP contribution < -0.4 is 15.5 Å². The zero-order valence-electron chi connectivity index (χ0n) is 10.9. The zero-order chi connectivity index (χ0) is 12.3. The van der Waals surface area contributed by atoms with E-state index in [4.69, 9.17) is 0 Å². The Hall–Kier alpha value is -1.36. The lowest BCUT2D eigenvalue weighted by molar-refractivity contribution is 0.626. The Labute approximate surface area is 103 Å². The van der Waals surface area contributed by atoms with Crippen LogP contribution in [0.15, 0.2) is 0 Å². The van der Waals surface area contributed by atoms with E-state index in [-0.39, 0.29) is 0 Å². The van der Waals surface area contributed by atoms with Crippen LogP contribution in [0.3, 0.4) is 0 Å².